The Labute approximate surface area is 107 Å². The third-order valence-electron chi connectivity index (χ3n) is 2.36. The van der Waals surface area contributed by atoms with Crippen molar-refractivity contribution < 1.29 is 0 Å². The molecule has 0 aromatic heterocycles. The predicted octanol–water partition coefficient (Wildman–Crippen LogP) is 5.07. The van der Waals surface area contributed by atoms with Crippen molar-refractivity contribution in [3.05, 3.63) is 82.9 Å². The zero-order valence-electron chi connectivity index (χ0n) is 9.38. The maximum atomic E-state index is 5.81. The van der Waals surface area contributed by atoms with Gasteiger partial charge < -0.3 is 0 Å². The fourth-order valence-corrected chi connectivity index (χ4v) is 1.60. The summed E-state index contributed by atoms with van der Waals surface area (Å²) in [7, 11) is 0. The Balaban J connectivity index is 1.98. The first-order chi connectivity index (χ1) is 8.34. The molecule has 0 nitrogen and oxygen atoms in total. The van der Waals surface area contributed by atoms with E-state index in [1.54, 1.807) is 0 Å². The molecule has 2 aromatic carbocycles. The van der Waals surface area contributed by atoms with Crippen LogP contribution in [0.5, 0.6) is 0 Å². The Hall–Kier alpha value is -1.79. The lowest BCUT2D eigenvalue weighted by molar-refractivity contribution is 1.65. The van der Waals surface area contributed by atoms with Crippen LogP contribution >= 0.6 is 11.6 Å². The number of hydrogen-bond donors (Lipinski definition) is 0. The second kappa shape index (κ2) is 6.07. The third-order valence-corrected chi connectivity index (χ3v) is 2.61. The van der Waals surface area contributed by atoms with E-state index in [0.717, 1.165) is 10.6 Å². The molecule has 0 bridgehead atoms. The monoisotopic (exact) mass is 240 g/mol. The SMILES string of the molecule is Clc1ccc(C=C/C=C/c2ccccc2)cc1. The summed E-state index contributed by atoms with van der Waals surface area (Å²) in [6.45, 7) is 0. The van der Waals surface area contributed by atoms with Gasteiger partial charge in [0.25, 0.3) is 0 Å². The third kappa shape index (κ3) is 3.93. The van der Waals surface area contributed by atoms with Crippen molar-refractivity contribution in [1.82, 2.24) is 0 Å². The summed E-state index contributed by atoms with van der Waals surface area (Å²) in [4.78, 5) is 0. The second-order valence-corrected chi connectivity index (χ2v) is 4.12. The normalized spacial score (nSPS) is 11.4. The minimum Gasteiger partial charge on any atom is -0.0843 e. The fourth-order valence-electron chi connectivity index (χ4n) is 1.47. The highest BCUT2D eigenvalue weighted by Gasteiger charge is 1.86. The van der Waals surface area contributed by atoms with Gasteiger partial charge in [0.05, 0.1) is 0 Å². The molecule has 0 saturated heterocycles. The van der Waals surface area contributed by atoms with Gasteiger partial charge in [0, 0.05) is 5.02 Å². The summed E-state index contributed by atoms with van der Waals surface area (Å²) >= 11 is 5.81. The number of hydrogen-bond acceptors (Lipinski definition) is 0. The molecule has 2 rings (SSSR count). The number of halogens is 1. The van der Waals surface area contributed by atoms with E-state index in [4.69, 9.17) is 11.6 Å². The van der Waals surface area contributed by atoms with Crippen LogP contribution in [0.25, 0.3) is 12.2 Å². The summed E-state index contributed by atoms with van der Waals surface area (Å²) in [5.41, 5.74) is 2.35. The topological polar surface area (TPSA) is 0 Å². The maximum Gasteiger partial charge on any atom is 0.0406 e. The van der Waals surface area contributed by atoms with Crippen LogP contribution in [0.2, 0.25) is 5.02 Å². The Kier molecular flexibility index (Phi) is 4.17. The molecule has 0 radical (unpaired) electrons. The fraction of sp³-hybridized carbons (Fsp3) is 0. The van der Waals surface area contributed by atoms with Gasteiger partial charge in [0.15, 0.2) is 0 Å². The Morgan fingerprint density at radius 2 is 1.18 bits per heavy atom. The van der Waals surface area contributed by atoms with E-state index in [1.807, 2.05) is 54.6 Å². The molecule has 0 aliphatic carbocycles. The van der Waals surface area contributed by atoms with E-state index < -0.39 is 0 Å². The summed E-state index contributed by atoms with van der Waals surface area (Å²) in [5, 5.41) is 0.766. The van der Waals surface area contributed by atoms with Gasteiger partial charge in [-0.1, -0.05) is 78.4 Å². The molecule has 0 amide bonds. The molecular formula is C16H13Cl. The highest BCUT2D eigenvalue weighted by Crippen LogP contribution is 2.10. The smallest absolute Gasteiger partial charge is 0.0406 e. The maximum absolute atomic E-state index is 5.81. The van der Waals surface area contributed by atoms with Crippen LogP contribution < -0.4 is 0 Å². The number of benzene rings is 2. The van der Waals surface area contributed by atoms with Crippen molar-refractivity contribution in [2.24, 2.45) is 0 Å². The molecule has 1 heteroatoms. The van der Waals surface area contributed by atoms with Crippen LogP contribution in [0.3, 0.4) is 0 Å². The molecule has 0 aliphatic heterocycles. The molecule has 2 aromatic rings. The van der Waals surface area contributed by atoms with Gasteiger partial charge in [-0.3, -0.25) is 0 Å². The van der Waals surface area contributed by atoms with E-state index in [-0.39, 0.29) is 0 Å². The lowest BCUT2D eigenvalue weighted by Crippen LogP contribution is -1.70. The molecule has 0 heterocycles. The molecule has 0 aliphatic rings. The van der Waals surface area contributed by atoms with Crippen LogP contribution in [0.15, 0.2) is 66.7 Å². The van der Waals surface area contributed by atoms with E-state index in [1.165, 1.54) is 5.56 Å². The average Bonchev–Trinajstić information content (AvgIpc) is 2.38. The van der Waals surface area contributed by atoms with Gasteiger partial charge in [-0.2, -0.15) is 0 Å². The van der Waals surface area contributed by atoms with Crippen molar-refractivity contribution >= 4 is 23.8 Å². The number of rotatable bonds is 3. The Morgan fingerprint density at radius 3 is 1.76 bits per heavy atom. The van der Waals surface area contributed by atoms with Gasteiger partial charge in [0.2, 0.25) is 0 Å². The Bertz CT molecular complexity index is 507. The molecule has 0 N–H and O–H groups in total. The standard InChI is InChI=1S/C16H13Cl/c17-16-12-10-15(11-13-16)9-5-4-8-14-6-2-1-3-7-14/h1-13H/b8-4+,9-5?. The highest BCUT2D eigenvalue weighted by molar-refractivity contribution is 6.30. The first-order valence-corrected chi connectivity index (χ1v) is 5.88. The zero-order chi connectivity index (χ0) is 11.9. The van der Waals surface area contributed by atoms with Crippen LogP contribution in [-0.2, 0) is 0 Å². The molecular weight excluding hydrogens is 228 g/mol. The van der Waals surface area contributed by atoms with Crippen molar-refractivity contribution in [2.45, 2.75) is 0 Å². The van der Waals surface area contributed by atoms with Gasteiger partial charge in [-0.25, -0.2) is 0 Å². The lowest BCUT2D eigenvalue weighted by atomic mass is 10.2. The highest BCUT2D eigenvalue weighted by atomic mass is 35.5. The van der Waals surface area contributed by atoms with Gasteiger partial charge in [0.1, 0.15) is 0 Å². The first kappa shape index (κ1) is 11.7. The van der Waals surface area contributed by atoms with E-state index in [0.29, 0.717) is 0 Å². The largest absolute Gasteiger partial charge is 0.0843 e. The van der Waals surface area contributed by atoms with Crippen LogP contribution in [0.1, 0.15) is 11.1 Å². The number of allylic oxidation sites excluding steroid dienone is 2. The first-order valence-electron chi connectivity index (χ1n) is 5.50. The summed E-state index contributed by atoms with van der Waals surface area (Å²) in [6, 6.07) is 18.0. The van der Waals surface area contributed by atoms with E-state index in [9.17, 15) is 0 Å². The quantitative estimate of drug-likeness (QED) is 0.658. The minimum absolute atomic E-state index is 0.766. The van der Waals surface area contributed by atoms with Crippen molar-refractivity contribution in [1.29, 1.82) is 0 Å². The molecule has 0 spiro atoms. The lowest BCUT2D eigenvalue weighted by Gasteiger charge is -1.92. The van der Waals surface area contributed by atoms with Crippen molar-refractivity contribution in [2.75, 3.05) is 0 Å². The van der Waals surface area contributed by atoms with Crippen molar-refractivity contribution in [3.63, 3.8) is 0 Å². The molecule has 84 valence electrons. The second-order valence-electron chi connectivity index (χ2n) is 3.68. The van der Waals surface area contributed by atoms with Gasteiger partial charge in [-0.15, -0.1) is 0 Å². The summed E-state index contributed by atoms with van der Waals surface area (Å²) in [5.74, 6) is 0. The van der Waals surface area contributed by atoms with Gasteiger partial charge >= 0.3 is 0 Å². The van der Waals surface area contributed by atoms with Crippen LogP contribution in [0.4, 0.5) is 0 Å². The predicted molar refractivity (Wildman–Crippen MR) is 76.0 cm³/mol. The van der Waals surface area contributed by atoms with Crippen molar-refractivity contribution in [3.8, 4) is 0 Å². The van der Waals surface area contributed by atoms with E-state index in [2.05, 4.69) is 24.3 Å². The zero-order valence-corrected chi connectivity index (χ0v) is 10.1. The summed E-state index contributed by atoms with van der Waals surface area (Å²) in [6.07, 6.45) is 8.18. The van der Waals surface area contributed by atoms with Crippen LogP contribution in [0, 0.1) is 0 Å². The Morgan fingerprint density at radius 1 is 0.647 bits per heavy atom. The molecule has 0 atom stereocenters. The molecule has 0 saturated carbocycles. The minimum atomic E-state index is 0.766. The summed E-state index contributed by atoms with van der Waals surface area (Å²) < 4.78 is 0. The van der Waals surface area contributed by atoms with Gasteiger partial charge in [-0.05, 0) is 23.3 Å². The molecule has 17 heavy (non-hydrogen) atoms. The molecule has 0 unspecified atom stereocenters. The molecule has 0 fully saturated rings. The van der Waals surface area contributed by atoms with E-state index >= 15 is 0 Å². The van der Waals surface area contributed by atoms with Crippen LogP contribution in [-0.4, -0.2) is 0 Å². The average molecular weight is 241 g/mol.